The minimum atomic E-state index is -3.65. The number of anilines is 1. The number of amides is 1. The number of hydrogen-bond donors (Lipinski definition) is 1. The van der Waals surface area contributed by atoms with Crippen molar-refractivity contribution < 1.29 is 17.9 Å². The zero-order valence-electron chi connectivity index (χ0n) is 17.3. The van der Waals surface area contributed by atoms with Gasteiger partial charge in [0.15, 0.2) is 0 Å². The summed E-state index contributed by atoms with van der Waals surface area (Å²) in [6.45, 7) is 5.77. The summed E-state index contributed by atoms with van der Waals surface area (Å²) in [6, 6.07) is 15.3. The molecule has 1 N–H and O–H groups in total. The highest BCUT2D eigenvalue weighted by molar-refractivity contribution is 7.92. The zero-order chi connectivity index (χ0) is 21.2. The minimum absolute atomic E-state index is 0.256. The molecule has 1 amide bonds. The SMILES string of the molecule is CC[C@@H](C(=O)N[C@H]1CC(C)(C)Oc2ccccc21)N(c1ccccc1)S(C)(=O)=O. The standard InChI is InChI=1S/C22H28N2O4S/c1-5-19(24(29(4,26)27)16-11-7-6-8-12-16)21(25)23-18-15-22(2,3)28-20-14-10-9-13-17(18)20/h6-14,18-19H,5,15H2,1-4H3,(H,23,25)/t18-,19-/m0/s1. The summed E-state index contributed by atoms with van der Waals surface area (Å²) >= 11 is 0. The molecule has 156 valence electrons. The number of benzene rings is 2. The predicted molar refractivity (Wildman–Crippen MR) is 114 cm³/mol. The molecule has 1 aliphatic rings. The zero-order valence-corrected chi connectivity index (χ0v) is 18.1. The Balaban J connectivity index is 1.92. The van der Waals surface area contributed by atoms with Crippen molar-refractivity contribution in [3.63, 3.8) is 0 Å². The molecule has 0 fully saturated rings. The van der Waals surface area contributed by atoms with Gasteiger partial charge in [0.2, 0.25) is 15.9 Å². The Hall–Kier alpha value is -2.54. The average molecular weight is 417 g/mol. The summed E-state index contributed by atoms with van der Waals surface area (Å²) < 4.78 is 32.4. The molecule has 1 aliphatic heterocycles. The molecule has 7 heteroatoms. The first-order valence-corrected chi connectivity index (χ1v) is 11.6. The fraction of sp³-hybridized carbons (Fsp3) is 0.409. The average Bonchev–Trinajstić information content (AvgIpc) is 2.64. The molecular weight excluding hydrogens is 388 g/mol. The van der Waals surface area contributed by atoms with Crippen LogP contribution in [0.4, 0.5) is 5.69 Å². The van der Waals surface area contributed by atoms with E-state index in [0.29, 0.717) is 18.5 Å². The minimum Gasteiger partial charge on any atom is -0.487 e. The first-order chi connectivity index (χ1) is 13.6. The van der Waals surface area contributed by atoms with Crippen molar-refractivity contribution in [2.24, 2.45) is 0 Å². The molecule has 0 aliphatic carbocycles. The summed E-state index contributed by atoms with van der Waals surface area (Å²) in [4.78, 5) is 13.3. The van der Waals surface area contributed by atoms with Gasteiger partial charge >= 0.3 is 0 Å². The molecule has 2 atom stereocenters. The molecule has 2 aromatic carbocycles. The number of ether oxygens (including phenoxy) is 1. The van der Waals surface area contributed by atoms with E-state index in [4.69, 9.17) is 4.74 Å². The monoisotopic (exact) mass is 416 g/mol. The summed E-state index contributed by atoms with van der Waals surface area (Å²) in [6.07, 6.45) is 2.07. The van der Waals surface area contributed by atoms with E-state index < -0.39 is 21.7 Å². The third-order valence-corrected chi connectivity index (χ3v) is 6.21. The topological polar surface area (TPSA) is 75.7 Å². The van der Waals surface area contributed by atoms with E-state index in [9.17, 15) is 13.2 Å². The lowest BCUT2D eigenvalue weighted by Gasteiger charge is -2.39. The maximum atomic E-state index is 13.3. The van der Waals surface area contributed by atoms with Crippen LogP contribution in [0.1, 0.15) is 45.2 Å². The Labute approximate surface area is 172 Å². The second kappa shape index (κ2) is 8.06. The quantitative estimate of drug-likeness (QED) is 0.780. The van der Waals surface area contributed by atoms with Crippen molar-refractivity contribution in [3.05, 3.63) is 60.2 Å². The molecule has 0 radical (unpaired) electrons. The summed E-state index contributed by atoms with van der Waals surface area (Å²) in [5.74, 6) is 0.421. The first kappa shape index (κ1) is 21.2. The normalized spacial score (nSPS) is 18.8. The highest BCUT2D eigenvalue weighted by atomic mass is 32.2. The Kier molecular flexibility index (Phi) is 5.89. The predicted octanol–water partition coefficient (Wildman–Crippen LogP) is 3.65. The molecule has 0 aromatic heterocycles. The molecule has 6 nitrogen and oxygen atoms in total. The van der Waals surface area contributed by atoms with Gasteiger partial charge in [-0.05, 0) is 38.5 Å². The second-order valence-electron chi connectivity index (χ2n) is 7.98. The van der Waals surface area contributed by atoms with E-state index in [2.05, 4.69) is 5.32 Å². The lowest BCUT2D eigenvalue weighted by Crippen LogP contribution is -2.51. The van der Waals surface area contributed by atoms with Gasteiger partial charge in [0.25, 0.3) is 0 Å². The van der Waals surface area contributed by atoms with Crippen molar-refractivity contribution in [2.45, 2.75) is 51.3 Å². The number of rotatable bonds is 6. The number of hydrogen-bond acceptors (Lipinski definition) is 4. The van der Waals surface area contributed by atoms with Crippen molar-refractivity contribution in [2.75, 3.05) is 10.6 Å². The van der Waals surface area contributed by atoms with E-state index in [0.717, 1.165) is 17.6 Å². The van der Waals surface area contributed by atoms with Gasteiger partial charge in [-0.25, -0.2) is 8.42 Å². The Morgan fingerprint density at radius 1 is 1.17 bits per heavy atom. The summed E-state index contributed by atoms with van der Waals surface area (Å²) in [5, 5.41) is 3.08. The second-order valence-corrected chi connectivity index (χ2v) is 9.84. The molecule has 1 heterocycles. The van der Waals surface area contributed by atoms with Crippen LogP contribution in [0.2, 0.25) is 0 Å². The van der Waals surface area contributed by atoms with Gasteiger partial charge in [0.05, 0.1) is 18.0 Å². The Morgan fingerprint density at radius 3 is 2.41 bits per heavy atom. The van der Waals surface area contributed by atoms with Crippen LogP contribution in [-0.4, -0.2) is 32.2 Å². The maximum Gasteiger partial charge on any atom is 0.244 e. The first-order valence-electron chi connectivity index (χ1n) is 9.75. The number of para-hydroxylation sites is 2. The van der Waals surface area contributed by atoms with Crippen molar-refractivity contribution in [3.8, 4) is 5.75 Å². The third-order valence-electron chi connectivity index (χ3n) is 5.03. The molecule has 0 bridgehead atoms. The molecule has 3 rings (SSSR count). The van der Waals surface area contributed by atoms with E-state index in [1.807, 2.05) is 51.1 Å². The van der Waals surface area contributed by atoms with Crippen molar-refractivity contribution >= 4 is 21.6 Å². The number of fused-ring (bicyclic) bond motifs is 1. The van der Waals surface area contributed by atoms with Crippen molar-refractivity contribution in [1.29, 1.82) is 0 Å². The largest absolute Gasteiger partial charge is 0.487 e. The summed E-state index contributed by atoms with van der Waals surface area (Å²) in [5.41, 5.74) is 0.939. The fourth-order valence-electron chi connectivity index (χ4n) is 3.83. The van der Waals surface area contributed by atoms with Gasteiger partial charge in [-0.15, -0.1) is 0 Å². The van der Waals surface area contributed by atoms with Crippen LogP contribution in [-0.2, 0) is 14.8 Å². The lowest BCUT2D eigenvalue weighted by molar-refractivity contribution is -0.123. The lowest BCUT2D eigenvalue weighted by atomic mass is 9.89. The number of nitrogens with zero attached hydrogens (tertiary/aromatic N) is 1. The van der Waals surface area contributed by atoms with Gasteiger partial charge in [0.1, 0.15) is 17.4 Å². The third kappa shape index (κ3) is 4.72. The highest BCUT2D eigenvalue weighted by Crippen LogP contribution is 2.39. The van der Waals surface area contributed by atoms with Crippen LogP contribution in [0.15, 0.2) is 54.6 Å². The van der Waals surface area contributed by atoms with Crippen LogP contribution < -0.4 is 14.4 Å². The molecule has 29 heavy (non-hydrogen) atoms. The van der Waals surface area contributed by atoms with Gasteiger partial charge in [-0.1, -0.05) is 43.3 Å². The van der Waals surface area contributed by atoms with Crippen LogP contribution in [0, 0.1) is 0 Å². The molecule has 0 saturated carbocycles. The van der Waals surface area contributed by atoms with Gasteiger partial charge in [-0.2, -0.15) is 0 Å². The molecular formula is C22H28N2O4S. The van der Waals surface area contributed by atoms with E-state index in [1.165, 1.54) is 4.31 Å². The Morgan fingerprint density at radius 2 is 1.79 bits per heavy atom. The number of sulfonamides is 1. The van der Waals surface area contributed by atoms with E-state index >= 15 is 0 Å². The molecule has 0 spiro atoms. The smallest absolute Gasteiger partial charge is 0.244 e. The van der Waals surface area contributed by atoms with Gasteiger partial charge < -0.3 is 10.1 Å². The molecule has 2 aromatic rings. The highest BCUT2D eigenvalue weighted by Gasteiger charge is 2.37. The number of carbonyl (C=O) groups is 1. The van der Waals surface area contributed by atoms with Crippen LogP contribution in [0.3, 0.4) is 0 Å². The van der Waals surface area contributed by atoms with Crippen LogP contribution >= 0.6 is 0 Å². The van der Waals surface area contributed by atoms with E-state index in [1.54, 1.807) is 24.3 Å². The molecule has 0 unspecified atom stereocenters. The fourth-order valence-corrected chi connectivity index (χ4v) is 5.05. The maximum absolute atomic E-state index is 13.3. The summed E-state index contributed by atoms with van der Waals surface area (Å²) in [7, 11) is -3.65. The van der Waals surface area contributed by atoms with Crippen molar-refractivity contribution in [1.82, 2.24) is 5.32 Å². The Bertz CT molecular complexity index is 973. The van der Waals surface area contributed by atoms with Crippen LogP contribution in [0.25, 0.3) is 0 Å². The van der Waals surface area contributed by atoms with Gasteiger partial charge in [-0.3, -0.25) is 9.10 Å². The molecule has 0 saturated heterocycles. The van der Waals surface area contributed by atoms with Crippen LogP contribution in [0.5, 0.6) is 5.75 Å². The van der Waals surface area contributed by atoms with Gasteiger partial charge in [0, 0.05) is 12.0 Å². The van der Waals surface area contributed by atoms with E-state index in [-0.39, 0.29) is 11.9 Å². The number of carbonyl (C=O) groups excluding carboxylic acids is 1. The number of nitrogens with one attached hydrogen (secondary N) is 1.